The average Bonchev–Trinajstić information content (AvgIpc) is 2.48. The minimum atomic E-state index is -0.160. The fourth-order valence-corrected chi connectivity index (χ4v) is 2.49. The van der Waals surface area contributed by atoms with Gasteiger partial charge < -0.3 is 5.32 Å². The van der Waals surface area contributed by atoms with Crippen LogP contribution in [0, 0.1) is 6.92 Å². The first-order chi connectivity index (χ1) is 10.1. The number of carbonyl (C=O) groups is 1. The van der Waals surface area contributed by atoms with Gasteiger partial charge in [0.05, 0.1) is 11.3 Å². The summed E-state index contributed by atoms with van der Waals surface area (Å²) >= 11 is 7.53. The van der Waals surface area contributed by atoms with Gasteiger partial charge in [-0.1, -0.05) is 41.6 Å². The van der Waals surface area contributed by atoms with Crippen molar-refractivity contribution >= 4 is 29.3 Å². The van der Waals surface area contributed by atoms with Crippen molar-refractivity contribution in [3.8, 4) is 0 Å². The summed E-state index contributed by atoms with van der Waals surface area (Å²) in [5.41, 5.74) is 2.21. The molecule has 21 heavy (non-hydrogen) atoms. The maximum absolute atomic E-state index is 12.1. The second-order valence-corrected chi connectivity index (χ2v) is 5.63. The van der Waals surface area contributed by atoms with Crippen LogP contribution in [0.5, 0.6) is 0 Å². The van der Waals surface area contributed by atoms with Gasteiger partial charge in [-0.15, -0.1) is 0 Å². The molecule has 2 rings (SSSR count). The van der Waals surface area contributed by atoms with Crippen LogP contribution in [-0.4, -0.2) is 28.7 Å². The Morgan fingerprint density at radius 1 is 1.38 bits per heavy atom. The standard InChI is InChI=1S/C15H16ClN3OS/c1-10-12(9-18-15(19-10)21-2)14(20)17-8-7-11-5-3-4-6-13(11)16/h3-6,9H,7-8H2,1-2H3,(H,17,20). The van der Waals surface area contributed by atoms with Crippen molar-refractivity contribution in [2.45, 2.75) is 18.5 Å². The van der Waals surface area contributed by atoms with Crippen molar-refractivity contribution in [3.63, 3.8) is 0 Å². The van der Waals surface area contributed by atoms with Crippen molar-refractivity contribution in [2.24, 2.45) is 0 Å². The van der Waals surface area contributed by atoms with E-state index in [1.54, 1.807) is 6.20 Å². The van der Waals surface area contributed by atoms with Gasteiger partial charge in [-0.25, -0.2) is 9.97 Å². The summed E-state index contributed by atoms with van der Waals surface area (Å²) < 4.78 is 0. The van der Waals surface area contributed by atoms with Gasteiger partial charge in [0.25, 0.3) is 5.91 Å². The average molecular weight is 322 g/mol. The van der Waals surface area contributed by atoms with Crippen molar-refractivity contribution in [3.05, 3.63) is 52.3 Å². The molecular weight excluding hydrogens is 306 g/mol. The van der Waals surface area contributed by atoms with Crippen LogP contribution in [0.3, 0.4) is 0 Å². The molecule has 0 saturated carbocycles. The van der Waals surface area contributed by atoms with Gasteiger partial charge in [0.1, 0.15) is 0 Å². The van der Waals surface area contributed by atoms with Crippen molar-refractivity contribution in [1.82, 2.24) is 15.3 Å². The number of amides is 1. The number of benzene rings is 1. The second-order valence-electron chi connectivity index (χ2n) is 4.45. The van der Waals surface area contributed by atoms with E-state index in [2.05, 4.69) is 15.3 Å². The molecule has 0 atom stereocenters. The number of aryl methyl sites for hydroxylation is 1. The van der Waals surface area contributed by atoms with E-state index < -0.39 is 0 Å². The minimum absolute atomic E-state index is 0.160. The third kappa shape index (κ3) is 4.19. The molecule has 0 unspecified atom stereocenters. The van der Waals surface area contributed by atoms with E-state index in [9.17, 15) is 4.79 Å². The third-order valence-corrected chi connectivity index (χ3v) is 3.95. The molecule has 1 heterocycles. The Balaban J connectivity index is 1.95. The predicted octanol–water partition coefficient (Wildman–Crippen LogP) is 3.13. The lowest BCUT2D eigenvalue weighted by molar-refractivity contribution is 0.0952. The first-order valence-electron chi connectivity index (χ1n) is 6.51. The van der Waals surface area contributed by atoms with E-state index in [0.29, 0.717) is 29.4 Å². The normalized spacial score (nSPS) is 10.4. The largest absolute Gasteiger partial charge is 0.352 e. The molecule has 0 aliphatic rings. The maximum atomic E-state index is 12.1. The Morgan fingerprint density at radius 2 is 2.14 bits per heavy atom. The highest BCUT2D eigenvalue weighted by atomic mass is 35.5. The van der Waals surface area contributed by atoms with Crippen LogP contribution in [0.25, 0.3) is 0 Å². The number of carbonyl (C=O) groups excluding carboxylic acids is 1. The van der Waals surface area contributed by atoms with Crippen molar-refractivity contribution < 1.29 is 4.79 Å². The Labute approximate surface area is 133 Å². The first kappa shape index (κ1) is 15.8. The van der Waals surface area contributed by atoms with Crippen LogP contribution in [0.2, 0.25) is 5.02 Å². The number of aromatic nitrogens is 2. The predicted molar refractivity (Wildman–Crippen MR) is 86.0 cm³/mol. The maximum Gasteiger partial charge on any atom is 0.254 e. The van der Waals surface area contributed by atoms with Crippen molar-refractivity contribution in [1.29, 1.82) is 0 Å². The van der Waals surface area contributed by atoms with E-state index >= 15 is 0 Å². The molecule has 0 fully saturated rings. The zero-order valence-corrected chi connectivity index (χ0v) is 13.5. The van der Waals surface area contributed by atoms with E-state index in [1.165, 1.54) is 11.8 Å². The third-order valence-electron chi connectivity index (χ3n) is 3.02. The molecule has 2 aromatic rings. The van der Waals surface area contributed by atoms with Crippen LogP contribution in [0.1, 0.15) is 21.6 Å². The summed E-state index contributed by atoms with van der Waals surface area (Å²) in [5, 5.41) is 4.25. The van der Waals surface area contributed by atoms with Gasteiger partial charge >= 0.3 is 0 Å². The molecule has 110 valence electrons. The van der Waals surface area contributed by atoms with E-state index in [-0.39, 0.29) is 5.91 Å². The molecule has 1 aromatic heterocycles. The lowest BCUT2D eigenvalue weighted by Crippen LogP contribution is -2.27. The molecule has 6 heteroatoms. The lowest BCUT2D eigenvalue weighted by atomic mass is 10.1. The number of thioether (sulfide) groups is 1. The van der Waals surface area contributed by atoms with Crippen LogP contribution in [-0.2, 0) is 6.42 Å². The molecule has 0 saturated heterocycles. The van der Waals surface area contributed by atoms with E-state index in [4.69, 9.17) is 11.6 Å². The Hall–Kier alpha value is -1.59. The summed E-state index contributed by atoms with van der Waals surface area (Å²) in [6.07, 6.45) is 4.16. The summed E-state index contributed by atoms with van der Waals surface area (Å²) in [4.78, 5) is 20.5. The molecule has 0 bridgehead atoms. The molecule has 1 N–H and O–H groups in total. The number of hydrogen-bond acceptors (Lipinski definition) is 4. The number of halogens is 1. The number of rotatable bonds is 5. The highest BCUT2D eigenvalue weighted by Crippen LogP contribution is 2.15. The zero-order chi connectivity index (χ0) is 15.2. The molecule has 1 amide bonds. The van der Waals surface area contributed by atoms with E-state index in [0.717, 1.165) is 10.6 Å². The quantitative estimate of drug-likeness (QED) is 0.679. The highest BCUT2D eigenvalue weighted by molar-refractivity contribution is 7.98. The summed E-state index contributed by atoms with van der Waals surface area (Å²) in [6, 6.07) is 7.62. The smallest absolute Gasteiger partial charge is 0.254 e. The lowest BCUT2D eigenvalue weighted by Gasteiger charge is -2.08. The van der Waals surface area contributed by atoms with Gasteiger partial charge in [-0.3, -0.25) is 4.79 Å². The fourth-order valence-electron chi connectivity index (χ4n) is 1.87. The summed E-state index contributed by atoms with van der Waals surface area (Å²) in [5.74, 6) is -0.160. The molecular formula is C15H16ClN3OS. The molecule has 0 aliphatic carbocycles. The summed E-state index contributed by atoms with van der Waals surface area (Å²) in [6.45, 7) is 2.33. The summed E-state index contributed by atoms with van der Waals surface area (Å²) in [7, 11) is 0. The van der Waals surface area contributed by atoms with E-state index in [1.807, 2.05) is 37.4 Å². The van der Waals surface area contributed by atoms with Crippen LogP contribution < -0.4 is 5.32 Å². The Kier molecular flexibility index (Phi) is 5.59. The van der Waals surface area contributed by atoms with Gasteiger partial charge in [0.2, 0.25) is 0 Å². The number of hydrogen-bond donors (Lipinski definition) is 1. The topological polar surface area (TPSA) is 54.9 Å². The molecule has 4 nitrogen and oxygen atoms in total. The molecule has 0 radical (unpaired) electrons. The van der Waals surface area contributed by atoms with Gasteiger partial charge in [0, 0.05) is 17.8 Å². The molecule has 1 aromatic carbocycles. The van der Waals surface area contributed by atoms with Crippen LogP contribution in [0.15, 0.2) is 35.6 Å². The molecule has 0 spiro atoms. The van der Waals surface area contributed by atoms with Gasteiger partial charge in [0.15, 0.2) is 5.16 Å². The van der Waals surface area contributed by atoms with Crippen molar-refractivity contribution in [2.75, 3.05) is 12.8 Å². The van der Waals surface area contributed by atoms with Crippen LogP contribution in [0.4, 0.5) is 0 Å². The zero-order valence-electron chi connectivity index (χ0n) is 11.9. The fraction of sp³-hybridized carbons (Fsp3) is 0.267. The number of nitrogens with one attached hydrogen (secondary N) is 1. The SMILES string of the molecule is CSc1ncc(C(=O)NCCc2ccccc2Cl)c(C)n1. The monoisotopic (exact) mass is 321 g/mol. The number of nitrogens with zero attached hydrogens (tertiary/aromatic N) is 2. The Bertz CT molecular complexity index is 649. The highest BCUT2D eigenvalue weighted by Gasteiger charge is 2.11. The first-order valence-corrected chi connectivity index (χ1v) is 8.11. The van der Waals surface area contributed by atoms with Crippen LogP contribution >= 0.6 is 23.4 Å². The minimum Gasteiger partial charge on any atom is -0.352 e. The van der Waals surface area contributed by atoms with Gasteiger partial charge in [-0.05, 0) is 31.2 Å². The Morgan fingerprint density at radius 3 is 2.81 bits per heavy atom. The van der Waals surface area contributed by atoms with Gasteiger partial charge in [-0.2, -0.15) is 0 Å². The second kappa shape index (κ2) is 7.43. The molecule has 0 aliphatic heterocycles.